The van der Waals surface area contributed by atoms with Crippen molar-refractivity contribution in [3.8, 4) is 0 Å². The Morgan fingerprint density at radius 3 is 2.52 bits per heavy atom. The normalized spacial score (nSPS) is 24.6. The van der Waals surface area contributed by atoms with E-state index in [0.29, 0.717) is 25.2 Å². The first-order valence-corrected chi connectivity index (χ1v) is 8.05. The summed E-state index contributed by atoms with van der Waals surface area (Å²) in [6, 6.07) is 1.23. The van der Waals surface area contributed by atoms with Crippen LogP contribution >= 0.6 is 0 Å². The first kappa shape index (κ1) is 15.9. The van der Waals surface area contributed by atoms with Gasteiger partial charge in [-0.25, -0.2) is 9.97 Å². The number of carboxylic acid groups (broad SMARTS) is 1. The third kappa shape index (κ3) is 3.50. The standard InChI is InChI=1S/C16H22N4O3/c1-9-7-11(19-10(2)18-9)8-17-15(21)13-5-6-14(16(22)23)20(13)12-3-4-12/h7,12-14H,3-6,8H2,1-2H3,(H,17,21)(H,22,23). The fourth-order valence-electron chi connectivity index (χ4n) is 3.41. The summed E-state index contributed by atoms with van der Waals surface area (Å²) in [6.07, 6.45) is 3.10. The molecule has 2 unspecified atom stereocenters. The second kappa shape index (κ2) is 6.23. The zero-order valence-electron chi connectivity index (χ0n) is 13.5. The summed E-state index contributed by atoms with van der Waals surface area (Å²) in [5.74, 6) is -0.246. The van der Waals surface area contributed by atoms with Crippen LogP contribution in [0.25, 0.3) is 0 Å². The number of amides is 1. The molecule has 1 aliphatic carbocycles. The largest absolute Gasteiger partial charge is 0.480 e. The topological polar surface area (TPSA) is 95.4 Å². The molecule has 124 valence electrons. The minimum absolute atomic E-state index is 0.102. The zero-order valence-corrected chi connectivity index (χ0v) is 13.5. The number of carbonyl (C=O) groups is 2. The molecule has 7 nitrogen and oxygen atoms in total. The third-order valence-corrected chi connectivity index (χ3v) is 4.45. The van der Waals surface area contributed by atoms with Crippen LogP contribution in [0, 0.1) is 13.8 Å². The van der Waals surface area contributed by atoms with Gasteiger partial charge in [0, 0.05) is 11.7 Å². The summed E-state index contributed by atoms with van der Waals surface area (Å²) in [5, 5.41) is 12.2. The molecule has 7 heteroatoms. The van der Waals surface area contributed by atoms with E-state index in [4.69, 9.17) is 0 Å². The van der Waals surface area contributed by atoms with Crippen LogP contribution in [-0.4, -0.2) is 50.0 Å². The molecule has 1 aliphatic heterocycles. The van der Waals surface area contributed by atoms with Crippen LogP contribution < -0.4 is 5.32 Å². The van der Waals surface area contributed by atoms with Crippen molar-refractivity contribution in [2.24, 2.45) is 0 Å². The van der Waals surface area contributed by atoms with E-state index in [1.165, 1.54) is 0 Å². The van der Waals surface area contributed by atoms with Crippen LogP contribution in [0.5, 0.6) is 0 Å². The smallest absolute Gasteiger partial charge is 0.320 e. The Morgan fingerprint density at radius 1 is 1.22 bits per heavy atom. The van der Waals surface area contributed by atoms with E-state index < -0.39 is 12.0 Å². The molecule has 2 heterocycles. The van der Waals surface area contributed by atoms with E-state index in [1.54, 1.807) is 0 Å². The van der Waals surface area contributed by atoms with E-state index in [9.17, 15) is 14.7 Å². The molecule has 0 bridgehead atoms. The van der Waals surface area contributed by atoms with Gasteiger partial charge in [-0.05, 0) is 45.6 Å². The van der Waals surface area contributed by atoms with E-state index >= 15 is 0 Å². The maximum absolute atomic E-state index is 12.5. The lowest BCUT2D eigenvalue weighted by molar-refractivity contribution is -0.143. The number of carboxylic acids is 1. The summed E-state index contributed by atoms with van der Waals surface area (Å²) in [4.78, 5) is 34.3. The summed E-state index contributed by atoms with van der Waals surface area (Å²) in [5.41, 5.74) is 1.64. The molecule has 1 amide bonds. The summed E-state index contributed by atoms with van der Waals surface area (Å²) in [6.45, 7) is 4.06. The molecule has 2 atom stereocenters. The number of aromatic nitrogens is 2. The molecule has 2 aliphatic rings. The number of nitrogens with zero attached hydrogens (tertiary/aromatic N) is 3. The highest BCUT2D eigenvalue weighted by Crippen LogP contribution is 2.37. The monoisotopic (exact) mass is 318 g/mol. The third-order valence-electron chi connectivity index (χ3n) is 4.45. The Bertz CT molecular complexity index is 610. The van der Waals surface area contributed by atoms with Gasteiger partial charge >= 0.3 is 5.97 Å². The number of likely N-dealkylation sites (tertiary alicyclic amines) is 1. The lowest BCUT2D eigenvalue weighted by Gasteiger charge is -2.27. The van der Waals surface area contributed by atoms with Crippen LogP contribution in [0.15, 0.2) is 6.07 Å². The van der Waals surface area contributed by atoms with Crippen LogP contribution in [0.4, 0.5) is 0 Å². The van der Waals surface area contributed by atoms with Gasteiger partial charge in [0.15, 0.2) is 0 Å². The number of rotatable bonds is 5. The van der Waals surface area contributed by atoms with Gasteiger partial charge < -0.3 is 10.4 Å². The molecule has 1 aromatic rings. The minimum atomic E-state index is -0.825. The van der Waals surface area contributed by atoms with Crippen molar-refractivity contribution in [1.82, 2.24) is 20.2 Å². The quantitative estimate of drug-likeness (QED) is 0.833. The second-order valence-corrected chi connectivity index (χ2v) is 6.39. The Morgan fingerprint density at radius 2 is 1.91 bits per heavy atom. The molecule has 1 saturated heterocycles. The zero-order chi connectivity index (χ0) is 16.6. The average molecular weight is 318 g/mol. The summed E-state index contributed by atoms with van der Waals surface area (Å²) >= 11 is 0. The van der Waals surface area contributed by atoms with Crippen LogP contribution in [0.2, 0.25) is 0 Å². The highest BCUT2D eigenvalue weighted by Gasteiger charge is 2.48. The van der Waals surface area contributed by atoms with Gasteiger partial charge in [-0.15, -0.1) is 0 Å². The van der Waals surface area contributed by atoms with Crippen molar-refractivity contribution >= 4 is 11.9 Å². The van der Waals surface area contributed by atoms with Crippen molar-refractivity contribution in [3.63, 3.8) is 0 Å². The molecular formula is C16H22N4O3. The average Bonchev–Trinajstić information content (AvgIpc) is 3.21. The first-order chi connectivity index (χ1) is 11.0. The van der Waals surface area contributed by atoms with Crippen molar-refractivity contribution < 1.29 is 14.7 Å². The van der Waals surface area contributed by atoms with Crippen molar-refractivity contribution in [3.05, 3.63) is 23.3 Å². The van der Waals surface area contributed by atoms with E-state index in [-0.39, 0.29) is 18.0 Å². The molecule has 2 fully saturated rings. The predicted molar refractivity (Wildman–Crippen MR) is 82.7 cm³/mol. The van der Waals surface area contributed by atoms with Gasteiger partial charge in [0.05, 0.1) is 18.3 Å². The maximum atomic E-state index is 12.5. The van der Waals surface area contributed by atoms with Crippen molar-refractivity contribution in [2.75, 3.05) is 0 Å². The molecule has 23 heavy (non-hydrogen) atoms. The molecular weight excluding hydrogens is 296 g/mol. The first-order valence-electron chi connectivity index (χ1n) is 8.05. The molecule has 3 rings (SSSR count). The van der Waals surface area contributed by atoms with E-state index in [2.05, 4.69) is 15.3 Å². The van der Waals surface area contributed by atoms with Crippen molar-refractivity contribution in [2.45, 2.75) is 64.2 Å². The van der Waals surface area contributed by atoms with Crippen LogP contribution in [0.1, 0.15) is 42.9 Å². The lowest BCUT2D eigenvalue weighted by atomic mass is 10.2. The molecule has 0 radical (unpaired) electrons. The number of aryl methyl sites for hydroxylation is 2. The van der Waals surface area contributed by atoms with Gasteiger partial charge in [-0.1, -0.05) is 0 Å². The van der Waals surface area contributed by atoms with Crippen LogP contribution in [0.3, 0.4) is 0 Å². The van der Waals surface area contributed by atoms with Crippen LogP contribution in [-0.2, 0) is 16.1 Å². The Kier molecular flexibility index (Phi) is 4.30. The number of nitrogens with one attached hydrogen (secondary N) is 1. The molecule has 0 spiro atoms. The van der Waals surface area contributed by atoms with E-state index in [1.807, 2.05) is 24.8 Å². The van der Waals surface area contributed by atoms with Gasteiger partial charge in [0.25, 0.3) is 0 Å². The Labute approximate surface area is 135 Å². The van der Waals surface area contributed by atoms with Crippen molar-refractivity contribution in [1.29, 1.82) is 0 Å². The lowest BCUT2D eigenvalue weighted by Crippen LogP contribution is -2.49. The summed E-state index contributed by atoms with van der Waals surface area (Å²) < 4.78 is 0. The van der Waals surface area contributed by atoms with E-state index in [0.717, 1.165) is 24.2 Å². The second-order valence-electron chi connectivity index (χ2n) is 6.39. The Hall–Kier alpha value is -2.02. The highest BCUT2D eigenvalue weighted by atomic mass is 16.4. The fourth-order valence-corrected chi connectivity index (χ4v) is 3.41. The minimum Gasteiger partial charge on any atom is -0.480 e. The molecule has 2 N–H and O–H groups in total. The maximum Gasteiger partial charge on any atom is 0.320 e. The number of hydrogen-bond donors (Lipinski definition) is 2. The van der Waals surface area contributed by atoms with Gasteiger partial charge in [-0.3, -0.25) is 14.5 Å². The van der Waals surface area contributed by atoms with Gasteiger partial charge in [-0.2, -0.15) is 0 Å². The van der Waals surface area contributed by atoms with Gasteiger partial charge in [0.1, 0.15) is 11.9 Å². The fraction of sp³-hybridized carbons (Fsp3) is 0.625. The molecule has 1 aromatic heterocycles. The highest BCUT2D eigenvalue weighted by molar-refractivity contribution is 5.84. The van der Waals surface area contributed by atoms with Gasteiger partial charge in [0.2, 0.25) is 5.91 Å². The SMILES string of the molecule is Cc1cc(CNC(=O)C2CCC(C(=O)O)N2C2CC2)nc(C)n1. The predicted octanol–water partition coefficient (Wildman–Crippen LogP) is 0.790. The number of carbonyl (C=O) groups excluding carboxylic acids is 1. The summed E-state index contributed by atoms with van der Waals surface area (Å²) in [7, 11) is 0. The Balaban J connectivity index is 1.64. The molecule has 0 aromatic carbocycles. The number of hydrogen-bond acceptors (Lipinski definition) is 5. The number of aliphatic carboxylic acids is 1. The molecule has 1 saturated carbocycles.